The number of allylic oxidation sites excluding steroid dienone is 8. The largest absolute Gasteiger partial charge is 0.394 e. The van der Waals surface area contributed by atoms with Gasteiger partial charge in [-0.05, 0) is 26.7 Å². The molecule has 0 aliphatic heterocycles. The van der Waals surface area contributed by atoms with Gasteiger partial charge in [0.05, 0.1) is 0 Å². The highest BCUT2D eigenvalue weighted by molar-refractivity contribution is 5.12. The van der Waals surface area contributed by atoms with E-state index in [1.807, 2.05) is 0 Å². The van der Waals surface area contributed by atoms with Crippen LogP contribution in [-0.4, -0.2) is 11.2 Å². The Morgan fingerprint density at radius 2 is 1.00 bits per heavy atom. The van der Waals surface area contributed by atoms with E-state index in [0.717, 1.165) is 12.8 Å². The molecule has 0 heterocycles. The van der Waals surface area contributed by atoms with Gasteiger partial charge in [-0.3, -0.25) is 0 Å². The van der Waals surface area contributed by atoms with E-state index in [9.17, 15) is 0 Å². The molecule has 14 heavy (non-hydrogen) atoms. The Balaban J connectivity index is 0.000000183. The lowest BCUT2D eigenvalue weighted by molar-refractivity contribution is 0.216. The summed E-state index contributed by atoms with van der Waals surface area (Å²) in [6, 6.07) is 0. The van der Waals surface area contributed by atoms with Crippen LogP contribution < -0.4 is 0 Å². The van der Waals surface area contributed by atoms with Crippen LogP contribution in [0.5, 0.6) is 0 Å². The molecule has 0 bridgehead atoms. The molecule has 0 fully saturated rings. The van der Waals surface area contributed by atoms with Crippen molar-refractivity contribution < 1.29 is 5.11 Å². The average molecular weight is 192 g/mol. The van der Waals surface area contributed by atoms with E-state index < -0.39 is 0 Å². The first-order chi connectivity index (χ1) is 6.73. The molecular formula is C13H20O. The van der Waals surface area contributed by atoms with Crippen LogP contribution in [-0.2, 0) is 0 Å². The SMILES string of the molecule is C1=CCC=C1.C1=CCC=C1.CC(C)O. The molecule has 1 N–H and O–H groups in total. The monoisotopic (exact) mass is 192 g/mol. The third kappa shape index (κ3) is 13.5. The Hall–Kier alpha value is -1.08. The summed E-state index contributed by atoms with van der Waals surface area (Å²) < 4.78 is 0. The fourth-order valence-electron chi connectivity index (χ4n) is 0.786. The summed E-state index contributed by atoms with van der Waals surface area (Å²) in [5.41, 5.74) is 0. The minimum absolute atomic E-state index is 0.167. The van der Waals surface area contributed by atoms with Gasteiger partial charge in [0.25, 0.3) is 0 Å². The summed E-state index contributed by atoms with van der Waals surface area (Å²) in [4.78, 5) is 0. The quantitative estimate of drug-likeness (QED) is 0.623. The van der Waals surface area contributed by atoms with Gasteiger partial charge in [0.2, 0.25) is 0 Å². The number of rotatable bonds is 0. The first kappa shape index (κ1) is 12.9. The van der Waals surface area contributed by atoms with Gasteiger partial charge in [-0.15, -0.1) is 0 Å². The van der Waals surface area contributed by atoms with E-state index in [0.29, 0.717) is 0 Å². The number of aliphatic hydroxyl groups is 1. The maximum atomic E-state index is 8.06. The van der Waals surface area contributed by atoms with Crippen molar-refractivity contribution in [2.45, 2.75) is 32.8 Å². The van der Waals surface area contributed by atoms with E-state index >= 15 is 0 Å². The van der Waals surface area contributed by atoms with Crippen LogP contribution in [0.3, 0.4) is 0 Å². The molecule has 1 nitrogen and oxygen atoms in total. The van der Waals surface area contributed by atoms with E-state index in [2.05, 4.69) is 48.6 Å². The summed E-state index contributed by atoms with van der Waals surface area (Å²) in [5.74, 6) is 0. The lowest BCUT2D eigenvalue weighted by atomic mass is 10.5. The van der Waals surface area contributed by atoms with Crippen LogP contribution >= 0.6 is 0 Å². The van der Waals surface area contributed by atoms with Gasteiger partial charge in [-0.1, -0.05) is 48.6 Å². The van der Waals surface area contributed by atoms with Gasteiger partial charge in [0.15, 0.2) is 0 Å². The van der Waals surface area contributed by atoms with E-state index in [4.69, 9.17) is 5.11 Å². The molecule has 0 unspecified atom stereocenters. The van der Waals surface area contributed by atoms with Crippen molar-refractivity contribution in [3.8, 4) is 0 Å². The zero-order valence-corrected chi connectivity index (χ0v) is 9.06. The molecular weight excluding hydrogens is 172 g/mol. The van der Waals surface area contributed by atoms with Crippen LogP contribution in [0.2, 0.25) is 0 Å². The number of aliphatic hydroxyl groups excluding tert-OH is 1. The smallest absolute Gasteiger partial charge is 0.0483 e. The second-order valence-corrected chi connectivity index (χ2v) is 3.28. The molecule has 78 valence electrons. The van der Waals surface area contributed by atoms with Crippen molar-refractivity contribution >= 4 is 0 Å². The maximum absolute atomic E-state index is 8.06. The first-order valence-corrected chi connectivity index (χ1v) is 5.05. The fraction of sp³-hybridized carbons (Fsp3) is 0.385. The summed E-state index contributed by atoms with van der Waals surface area (Å²) in [6.07, 6.45) is 18.8. The predicted molar refractivity (Wildman–Crippen MR) is 63.1 cm³/mol. The summed E-state index contributed by atoms with van der Waals surface area (Å²) in [7, 11) is 0. The molecule has 0 aromatic heterocycles. The van der Waals surface area contributed by atoms with Crippen LogP contribution in [0.25, 0.3) is 0 Å². The van der Waals surface area contributed by atoms with Crippen LogP contribution in [0.4, 0.5) is 0 Å². The third-order valence-corrected chi connectivity index (χ3v) is 1.31. The van der Waals surface area contributed by atoms with Crippen LogP contribution in [0.15, 0.2) is 48.6 Å². The Labute approximate surface area is 87.2 Å². The number of hydrogen-bond donors (Lipinski definition) is 1. The van der Waals surface area contributed by atoms with E-state index in [1.165, 1.54) is 0 Å². The highest BCUT2D eigenvalue weighted by Crippen LogP contribution is 1.93. The third-order valence-electron chi connectivity index (χ3n) is 1.31. The predicted octanol–water partition coefficient (Wildman–Crippen LogP) is 3.39. The van der Waals surface area contributed by atoms with E-state index in [1.54, 1.807) is 13.8 Å². The molecule has 0 atom stereocenters. The van der Waals surface area contributed by atoms with Crippen molar-refractivity contribution in [3.63, 3.8) is 0 Å². The highest BCUT2D eigenvalue weighted by Gasteiger charge is 1.72. The minimum atomic E-state index is -0.167. The van der Waals surface area contributed by atoms with Crippen LogP contribution in [0.1, 0.15) is 26.7 Å². The molecule has 0 amide bonds. The standard InChI is InChI=1S/2C5H6.C3H8O/c2*1-2-4-5-3-1;1-3(2)4/h2*1-4H,5H2;3-4H,1-2H3. The zero-order chi connectivity index (χ0) is 10.6. The molecule has 2 aliphatic carbocycles. The lowest BCUT2D eigenvalue weighted by Crippen LogP contribution is -1.85. The van der Waals surface area contributed by atoms with Gasteiger partial charge in [0.1, 0.15) is 0 Å². The normalized spacial score (nSPS) is 15.1. The van der Waals surface area contributed by atoms with Gasteiger partial charge < -0.3 is 5.11 Å². The van der Waals surface area contributed by atoms with Crippen molar-refractivity contribution in [1.29, 1.82) is 0 Å². The molecule has 1 heteroatoms. The zero-order valence-electron chi connectivity index (χ0n) is 9.06. The van der Waals surface area contributed by atoms with Crippen molar-refractivity contribution in [1.82, 2.24) is 0 Å². The fourth-order valence-corrected chi connectivity index (χ4v) is 0.786. The molecule has 0 saturated heterocycles. The summed E-state index contributed by atoms with van der Waals surface area (Å²) in [6.45, 7) is 3.44. The lowest BCUT2D eigenvalue weighted by Gasteiger charge is -1.80. The van der Waals surface area contributed by atoms with Gasteiger partial charge in [0, 0.05) is 6.10 Å². The van der Waals surface area contributed by atoms with Gasteiger partial charge in [-0.25, -0.2) is 0 Å². The Morgan fingerprint density at radius 1 is 0.786 bits per heavy atom. The van der Waals surface area contributed by atoms with Crippen molar-refractivity contribution in [3.05, 3.63) is 48.6 Å². The molecule has 0 saturated carbocycles. The van der Waals surface area contributed by atoms with Crippen molar-refractivity contribution in [2.24, 2.45) is 0 Å². The second-order valence-electron chi connectivity index (χ2n) is 3.28. The molecule has 0 aromatic carbocycles. The van der Waals surface area contributed by atoms with Crippen molar-refractivity contribution in [2.75, 3.05) is 0 Å². The molecule has 2 rings (SSSR count). The summed E-state index contributed by atoms with van der Waals surface area (Å²) in [5, 5.41) is 8.06. The molecule has 2 aliphatic rings. The Kier molecular flexibility index (Phi) is 9.23. The Morgan fingerprint density at radius 3 is 1.07 bits per heavy atom. The topological polar surface area (TPSA) is 20.2 Å². The number of hydrogen-bond acceptors (Lipinski definition) is 1. The van der Waals surface area contributed by atoms with Gasteiger partial charge in [-0.2, -0.15) is 0 Å². The average Bonchev–Trinajstić information content (AvgIpc) is 2.83. The summed E-state index contributed by atoms with van der Waals surface area (Å²) >= 11 is 0. The van der Waals surface area contributed by atoms with Crippen LogP contribution in [0, 0.1) is 0 Å². The molecule has 0 aromatic rings. The molecule has 0 spiro atoms. The second kappa shape index (κ2) is 10.0. The van der Waals surface area contributed by atoms with Gasteiger partial charge >= 0.3 is 0 Å². The minimum Gasteiger partial charge on any atom is -0.394 e. The molecule has 0 radical (unpaired) electrons. The Bertz CT molecular complexity index is 175. The first-order valence-electron chi connectivity index (χ1n) is 5.05. The maximum Gasteiger partial charge on any atom is 0.0483 e. The van der Waals surface area contributed by atoms with E-state index in [-0.39, 0.29) is 6.10 Å². The highest BCUT2D eigenvalue weighted by atomic mass is 16.3.